The molecule has 3 rings (SSSR count). The molecule has 1 aliphatic rings. The highest BCUT2D eigenvalue weighted by atomic mass is 15.2. The zero-order valence-corrected chi connectivity index (χ0v) is 46.2. The number of benzene rings is 2. The fourth-order valence-electron chi connectivity index (χ4n) is 10.8. The number of hydrogen-bond acceptors (Lipinski definition) is 0. The number of rotatable bonds is 47. The molecule has 1 aliphatic heterocycles. The van der Waals surface area contributed by atoms with Crippen LogP contribution in [-0.4, -0.2) is 4.70 Å². The van der Waals surface area contributed by atoms with Crippen molar-refractivity contribution in [1.29, 1.82) is 0 Å². The predicted octanol–water partition coefficient (Wildman–Crippen LogP) is 23.1. The molecule has 0 amide bonds. The van der Waals surface area contributed by atoms with Gasteiger partial charge in [-0.3, -0.25) is 0 Å². The lowest BCUT2D eigenvalue weighted by Gasteiger charge is -2.15. The van der Waals surface area contributed by atoms with Crippen molar-refractivity contribution < 1.29 is 4.70 Å². The van der Waals surface area contributed by atoms with Gasteiger partial charge < -0.3 is 5.53 Å². The van der Waals surface area contributed by atoms with Crippen molar-refractivity contribution in [2.45, 2.75) is 304 Å². The first-order chi connectivity index (χ1) is 34.2. The molecule has 2 heteroatoms. The van der Waals surface area contributed by atoms with Crippen molar-refractivity contribution in [2.75, 3.05) is 0 Å². The molecule has 2 aromatic carbocycles. The molecule has 0 unspecified atom stereocenters. The summed E-state index contributed by atoms with van der Waals surface area (Å²) in [5.74, 6) is 0. The van der Waals surface area contributed by atoms with Gasteiger partial charge in [-0.2, -0.15) is 0 Å². The van der Waals surface area contributed by atoms with E-state index >= 15 is 0 Å². The van der Waals surface area contributed by atoms with E-state index in [1.54, 1.807) is 4.70 Å². The third kappa shape index (κ3) is 26.9. The van der Waals surface area contributed by atoms with Crippen LogP contribution in [-0.2, 0) is 12.8 Å². The van der Waals surface area contributed by atoms with Gasteiger partial charge in [0.2, 0.25) is 11.4 Å². The summed E-state index contributed by atoms with van der Waals surface area (Å²) in [6.45, 7) is 9.22. The van der Waals surface area contributed by atoms with Gasteiger partial charge in [0.1, 0.15) is 0 Å². The first-order valence-corrected chi connectivity index (χ1v) is 30.6. The van der Waals surface area contributed by atoms with E-state index in [9.17, 15) is 5.53 Å². The van der Waals surface area contributed by atoms with Crippen LogP contribution < -0.4 is 0 Å². The lowest BCUT2D eigenvalue weighted by molar-refractivity contribution is -0.345. The Morgan fingerprint density at radius 1 is 0.304 bits per heavy atom. The third-order valence-electron chi connectivity index (χ3n) is 15.1. The topological polar surface area (TPSA) is 25.3 Å². The largest absolute Gasteiger partial charge is 0.493 e. The van der Waals surface area contributed by atoms with Crippen LogP contribution in [0.2, 0.25) is 0 Å². The van der Waals surface area contributed by atoms with E-state index in [0.717, 1.165) is 82.0 Å². The molecule has 1 heterocycles. The quantitative estimate of drug-likeness (QED) is 0.0359. The van der Waals surface area contributed by atoms with Gasteiger partial charge in [0.15, 0.2) is 0 Å². The number of aryl methyl sites for hydroxylation is 2. The first-order valence-electron chi connectivity index (χ1n) is 30.6. The highest BCUT2D eigenvalue weighted by Crippen LogP contribution is 2.46. The van der Waals surface area contributed by atoms with Crippen LogP contribution in [0.1, 0.15) is 313 Å². The van der Waals surface area contributed by atoms with E-state index in [0.29, 0.717) is 0 Å². The van der Waals surface area contributed by atoms with Gasteiger partial charge in [-0.05, 0) is 113 Å². The number of hydrogen-bond donors (Lipinski definition) is 0. The molecule has 0 radical (unpaired) electrons. The van der Waals surface area contributed by atoms with Crippen molar-refractivity contribution in [1.82, 2.24) is 0 Å². The molecular formula is C67H110N2. The van der Waals surface area contributed by atoms with Crippen molar-refractivity contribution in [2.24, 2.45) is 0 Å². The van der Waals surface area contributed by atoms with E-state index in [4.69, 9.17) is 0 Å². The predicted molar refractivity (Wildman–Crippen MR) is 308 cm³/mol. The SMILES string of the molecule is CCCCCCCCCCCCCCCCC=CCCCc1ccccc1C1=C(CCCC)C(CCCCC)=C(c2ccccc2CCCC=CCCCCCCCCCCCCCCCC)[N+]1=[N-]. The summed E-state index contributed by atoms with van der Waals surface area (Å²) in [6, 6.07) is 18.0. The van der Waals surface area contributed by atoms with Crippen LogP contribution in [0.15, 0.2) is 84.0 Å². The average molecular weight is 944 g/mol. The Labute approximate surface area is 429 Å². The molecule has 2 nitrogen and oxygen atoms in total. The molecule has 0 aliphatic carbocycles. The van der Waals surface area contributed by atoms with Gasteiger partial charge in [-0.15, -0.1) is 0 Å². The lowest BCUT2D eigenvalue weighted by atomic mass is 9.89. The Morgan fingerprint density at radius 3 is 0.928 bits per heavy atom. The third-order valence-corrected chi connectivity index (χ3v) is 15.1. The fourth-order valence-corrected chi connectivity index (χ4v) is 10.8. The van der Waals surface area contributed by atoms with Gasteiger partial charge in [0.25, 0.3) is 0 Å². The molecular weight excluding hydrogens is 833 g/mol. The maximum absolute atomic E-state index is 12.6. The molecule has 2 aromatic rings. The molecule has 0 fully saturated rings. The normalized spacial score (nSPS) is 13.2. The number of unbranched alkanes of at least 4 members (excludes halogenated alkanes) is 33. The van der Waals surface area contributed by atoms with E-state index < -0.39 is 0 Å². The summed E-state index contributed by atoms with van der Waals surface area (Å²) in [5, 5.41) is 0. The van der Waals surface area contributed by atoms with E-state index in [1.165, 1.54) is 239 Å². The number of nitrogens with zero attached hydrogens (tertiary/aromatic N) is 2. The molecule has 0 saturated heterocycles. The minimum Gasteiger partial charge on any atom is -0.493 e. The van der Waals surface area contributed by atoms with Crippen molar-refractivity contribution >= 4 is 11.4 Å². The molecule has 69 heavy (non-hydrogen) atoms. The van der Waals surface area contributed by atoms with Crippen LogP contribution in [0.5, 0.6) is 0 Å². The summed E-state index contributed by atoms with van der Waals surface area (Å²) in [5.41, 5.74) is 22.6. The molecule has 0 atom stereocenters. The minimum absolute atomic E-state index is 1.01. The highest BCUT2D eigenvalue weighted by molar-refractivity contribution is 5.83. The Bertz CT molecular complexity index is 1690. The molecule has 0 saturated carbocycles. The second-order valence-electron chi connectivity index (χ2n) is 21.3. The zero-order valence-electron chi connectivity index (χ0n) is 46.2. The smallest absolute Gasteiger partial charge is 0.211 e. The maximum atomic E-state index is 12.6. The number of allylic oxidation sites excluding steroid dienone is 6. The first kappa shape index (κ1) is 60.3. The molecule has 0 N–H and O–H groups in total. The monoisotopic (exact) mass is 943 g/mol. The lowest BCUT2D eigenvalue weighted by Crippen LogP contribution is -2.07. The van der Waals surface area contributed by atoms with Gasteiger partial charge >= 0.3 is 0 Å². The maximum Gasteiger partial charge on any atom is 0.211 e. The van der Waals surface area contributed by atoms with Gasteiger partial charge in [-0.25, -0.2) is 4.70 Å². The summed E-state index contributed by atoms with van der Waals surface area (Å²) >= 11 is 0. The van der Waals surface area contributed by atoms with Crippen LogP contribution >= 0.6 is 0 Å². The van der Waals surface area contributed by atoms with Crippen molar-refractivity contribution in [3.05, 3.63) is 112 Å². The Hall–Kier alpha value is -3.00. The Balaban J connectivity index is 1.49. The molecule has 0 bridgehead atoms. The van der Waals surface area contributed by atoms with Crippen LogP contribution in [0.3, 0.4) is 0 Å². The summed E-state index contributed by atoms with van der Waals surface area (Å²) in [7, 11) is 0. The average Bonchev–Trinajstić information content (AvgIpc) is 3.64. The summed E-state index contributed by atoms with van der Waals surface area (Å²) < 4.78 is 1.65. The molecule has 0 spiro atoms. The minimum atomic E-state index is 1.01. The van der Waals surface area contributed by atoms with Crippen molar-refractivity contribution in [3.8, 4) is 0 Å². The van der Waals surface area contributed by atoms with Gasteiger partial charge in [-0.1, -0.05) is 275 Å². The van der Waals surface area contributed by atoms with E-state index in [1.807, 2.05) is 0 Å². The standard InChI is InChI=1S/C67H110N2/c1-5-9-13-15-17-19-21-23-25-27-29-31-33-35-37-39-41-43-46-52-60-54-48-50-57-62(60)66-64(56-12-8-4)65(59-45-11-7-3)67(69(66)68)63-58-51-49-55-61(63)53-47-44-42-40-38-36-34-32-30-28-26-24-22-20-18-16-14-10-6-2/h39-42,48-51,54-55,57-58H,5-38,43-47,52-53,56,59H2,1-4H3. The van der Waals surface area contributed by atoms with Crippen molar-refractivity contribution in [3.63, 3.8) is 0 Å². The highest BCUT2D eigenvalue weighted by Gasteiger charge is 2.36. The fraction of sp³-hybridized carbons (Fsp3) is 0.701. The summed E-state index contributed by atoms with van der Waals surface area (Å²) in [6.07, 6.45) is 66.4. The van der Waals surface area contributed by atoms with Crippen LogP contribution in [0, 0.1) is 0 Å². The zero-order chi connectivity index (χ0) is 49.1. The van der Waals surface area contributed by atoms with E-state index in [2.05, 4.69) is 101 Å². The molecule has 0 aromatic heterocycles. The van der Waals surface area contributed by atoms with Crippen LogP contribution in [0.4, 0.5) is 0 Å². The van der Waals surface area contributed by atoms with Gasteiger partial charge in [0, 0.05) is 22.3 Å². The Kier molecular flexibility index (Phi) is 37.3. The second kappa shape index (κ2) is 42.7. The second-order valence-corrected chi connectivity index (χ2v) is 21.3. The Morgan fingerprint density at radius 2 is 0.580 bits per heavy atom. The summed E-state index contributed by atoms with van der Waals surface area (Å²) in [4.78, 5) is 0. The molecule has 388 valence electrons. The van der Waals surface area contributed by atoms with Crippen LogP contribution in [0.25, 0.3) is 16.9 Å². The van der Waals surface area contributed by atoms with E-state index in [-0.39, 0.29) is 0 Å². The van der Waals surface area contributed by atoms with Gasteiger partial charge in [0.05, 0.1) is 0 Å².